The van der Waals surface area contributed by atoms with Crippen molar-refractivity contribution in [1.82, 2.24) is 0 Å². The topological polar surface area (TPSA) is 66.0 Å². The molecule has 40 heavy (non-hydrogen) atoms. The van der Waals surface area contributed by atoms with Crippen LogP contribution in [0.4, 0.5) is 0 Å². The van der Waals surface area contributed by atoms with Crippen molar-refractivity contribution in [3.05, 3.63) is 94.0 Å². The maximum Gasteiger partial charge on any atom is 0.127 e. The molecule has 0 aliphatic carbocycles. The van der Waals surface area contributed by atoms with Crippen molar-refractivity contribution in [2.45, 2.75) is 65.2 Å². The van der Waals surface area contributed by atoms with Crippen LogP contribution in [0, 0.1) is 22.7 Å². The molecule has 0 N–H and O–H groups in total. The summed E-state index contributed by atoms with van der Waals surface area (Å²) in [6.07, 6.45) is 16.9. The molecule has 0 radical (unpaired) electrons. The van der Waals surface area contributed by atoms with Gasteiger partial charge in [0.15, 0.2) is 0 Å². The molecule has 0 aliphatic heterocycles. The molecule has 0 amide bonds. The molecule has 0 fully saturated rings. The number of nitrogens with zero attached hydrogens (tertiary/aromatic N) is 2. The van der Waals surface area contributed by atoms with E-state index in [0.717, 1.165) is 59.4 Å². The summed E-state index contributed by atoms with van der Waals surface area (Å²) in [6, 6.07) is 23.7. The highest BCUT2D eigenvalue weighted by Gasteiger charge is 2.11. The summed E-state index contributed by atoms with van der Waals surface area (Å²) in [5, 5.41) is 19.1. The molecule has 0 aliphatic rings. The summed E-state index contributed by atoms with van der Waals surface area (Å²) >= 11 is 0. The highest BCUT2D eigenvalue weighted by molar-refractivity contribution is 5.80. The lowest BCUT2D eigenvalue weighted by Gasteiger charge is -2.15. The first-order chi connectivity index (χ1) is 19.7. The van der Waals surface area contributed by atoms with Gasteiger partial charge in [0.25, 0.3) is 0 Å². The van der Waals surface area contributed by atoms with Gasteiger partial charge in [0, 0.05) is 11.1 Å². The Balaban J connectivity index is 2.00. The molecule has 0 heterocycles. The van der Waals surface area contributed by atoms with E-state index in [-0.39, 0.29) is 0 Å². The first kappa shape index (κ1) is 30.3. The van der Waals surface area contributed by atoms with Crippen molar-refractivity contribution in [3.8, 4) is 23.6 Å². The maximum atomic E-state index is 9.53. The predicted molar refractivity (Wildman–Crippen MR) is 166 cm³/mol. The number of hydrogen-bond donors (Lipinski definition) is 0. The first-order valence-corrected chi connectivity index (χ1v) is 14.5. The zero-order valence-corrected chi connectivity index (χ0v) is 23.9. The van der Waals surface area contributed by atoms with Gasteiger partial charge in [-0.2, -0.15) is 10.5 Å². The molecule has 0 saturated heterocycles. The van der Waals surface area contributed by atoms with Crippen molar-refractivity contribution < 1.29 is 9.47 Å². The van der Waals surface area contributed by atoms with E-state index in [1.807, 2.05) is 85.0 Å². The summed E-state index contributed by atoms with van der Waals surface area (Å²) in [5.74, 6) is 1.54. The van der Waals surface area contributed by atoms with E-state index in [1.54, 1.807) is 0 Å². The summed E-state index contributed by atoms with van der Waals surface area (Å²) in [4.78, 5) is 0. The fourth-order valence-electron chi connectivity index (χ4n) is 4.37. The minimum absolute atomic E-state index is 0.629. The van der Waals surface area contributed by atoms with Crippen molar-refractivity contribution in [1.29, 1.82) is 10.5 Å². The van der Waals surface area contributed by atoms with Gasteiger partial charge in [-0.15, -0.1) is 0 Å². The van der Waals surface area contributed by atoms with Crippen molar-refractivity contribution in [3.63, 3.8) is 0 Å². The van der Waals surface area contributed by atoms with Crippen LogP contribution in [0.5, 0.6) is 11.5 Å². The van der Waals surface area contributed by atoms with Gasteiger partial charge >= 0.3 is 0 Å². The van der Waals surface area contributed by atoms with Gasteiger partial charge in [-0.25, -0.2) is 0 Å². The fourth-order valence-corrected chi connectivity index (χ4v) is 4.37. The Labute approximate surface area is 240 Å². The van der Waals surface area contributed by atoms with Crippen LogP contribution < -0.4 is 9.47 Å². The monoisotopic (exact) mass is 532 g/mol. The molecular formula is C36H40N2O2. The molecule has 0 saturated carbocycles. The molecule has 0 atom stereocenters. The molecule has 3 aromatic rings. The molecule has 0 bridgehead atoms. The Morgan fingerprint density at radius 2 is 0.950 bits per heavy atom. The highest BCUT2D eigenvalue weighted by atomic mass is 16.5. The molecule has 0 aromatic heterocycles. The minimum atomic E-state index is 0.629. The molecule has 206 valence electrons. The Morgan fingerprint density at radius 3 is 1.35 bits per heavy atom. The number of ether oxygens (including phenoxy) is 2. The minimum Gasteiger partial charge on any atom is -0.493 e. The van der Waals surface area contributed by atoms with Gasteiger partial charge in [-0.1, -0.05) is 113 Å². The van der Waals surface area contributed by atoms with Crippen LogP contribution in [0.3, 0.4) is 0 Å². The lowest BCUT2D eigenvalue weighted by atomic mass is 10.0. The number of benzene rings is 3. The van der Waals surface area contributed by atoms with E-state index in [2.05, 4.69) is 26.0 Å². The van der Waals surface area contributed by atoms with Crippen LogP contribution in [-0.4, -0.2) is 13.2 Å². The first-order valence-electron chi connectivity index (χ1n) is 14.5. The zero-order chi connectivity index (χ0) is 28.4. The zero-order valence-electron chi connectivity index (χ0n) is 23.9. The van der Waals surface area contributed by atoms with E-state index in [0.29, 0.717) is 24.3 Å². The van der Waals surface area contributed by atoms with Gasteiger partial charge in [0.1, 0.15) is 11.5 Å². The Bertz CT molecular complexity index is 1250. The normalized spacial score (nSPS) is 11.0. The number of hydrogen-bond acceptors (Lipinski definition) is 4. The van der Waals surface area contributed by atoms with E-state index in [1.165, 1.54) is 25.7 Å². The van der Waals surface area contributed by atoms with Crippen LogP contribution in [0.25, 0.3) is 24.3 Å². The lowest BCUT2D eigenvalue weighted by molar-refractivity contribution is 0.296. The highest BCUT2D eigenvalue weighted by Crippen LogP contribution is 2.33. The standard InChI is InChI=1S/C36H40N2O2/c1-3-5-7-13-23-39-35-25-32(22-20-30-16-10-12-18-34(30)28-38)36(40-24-14-8-6-4-2)26-31(35)21-19-29-15-9-11-17-33(29)27-37/h9-12,15-22,25-26H,3-8,13-14,23-24H2,1-2H3/b21-19+,22-20+. The lowest BCUT2D eigenvalue weighted by Crippen LogP contribution is -2.03. The SMILES string of the molecule is CCCCCCOc1cc(/C=C/c2ccccc2C#N)c(OCCCCCC)cc1/C=C/c1ccccc1C#N. The average Bonchev–Trinajstić information content (AvgIpc) is 2.99. The molecule has 4 nitrogen and oxygen atoms in total. The smallest absolute Gasteiger partial charge is 0.127 e. The van der Waals surface area contributed by atoms with Gasteiger partial charge in [0.05, 0.1) is 36.5 Å². The third kappa shape index (κ3) is 9.48. The Hall–Kier alpha value is -4.28. The quantitative estimate of drug-likeness (QED) is 0.136. The fraction of sp³-hybridized carbons (Fsp3) is 0.333. The second-order valence-corrected chi connectivity index (χ2v) is 9.81. The summed E-state index contributed by atoms with van der Waals surface area (Å²) in [6.45, 7) is 5.67. The van der Waals surface area contributed by atoms with E-state index < -0.39 is 0 Å². The van der Waals surface area contributed by atoms with Gasteiger partial charge in [-0.05, 0) is 48.2 Å². The summed E-state index contributed by atoms with van der Waals surface area (Å²) < 4.78 is 12.6. The third-order valence-corrected chi connectivity index (χ3v) is 6.70. The van der Waals surface area contributed by atoms with Crippen LogP contribution >= 0.6 is 0 Å². The average molecular weight is 533 g/mol. The second kappa shape index (κ2) is 17.3. The van der Waals surface area contributed by atoms with Crippen molar-refractivity contribution in [2.75, 3.05) is 13.2 Å². The van der Waals surface area contributed by atoms with Gasteiger partial charge in [0.2, 0.25) is 0 Å². The van der Waals surface area contributed by atoms with E-state index in [4.69, 9.17) is 9.47 Å². The predicted octanol–water partition coefficient (Wildman–Crippen LogP) is 9.69. The molecule has 4 heteroatoms. The number of nitriles is 2. The van der Waals surface area contributed by atoms with E-state index >= 15 is 0 Å². The molecular weight excluding hydrogens is 492 g/mol. The summed E-state index contributed by atoms with van der Waals surface area (Å²) in [5.41, 5.74) is 4.78. The third-order valence-electron chi connectivity index (χ3n) is 6.70. The molecule has 0 unspecified atom stereocenters. The molecule has 3 rings (SSSR count). The van der Waals surface area contributed by atoms with Crippen LogP contribution in [0.15, 0.2) is 60.7 Å². The Kier molecular flexibility index (Phi) is 13.1. The van der Waals surface area contributed by atoms with Crippen LogP contribution in [0.1, 0.15) is 98.6 Å². The van der Waals surface area contributed by atoms with Gasteiger partial charge < -0.3 is 9.47 Å². The van der Waals surface area contributed by atoms with Gasteiger partial charge in [-0.3, -0.25) is 0 Å². The summed E-state index contributed by atoms with van der Waals surface area (Å²) in [7, 11) is 0. The van der Waals surface area contributed by atoms with Crippen molar-refractivity contribution in [2.24, 2.45) is 0 Å². The largest absolute Gasteiger partial charge is 0.493 e. The van der Waals surface area contributed by atoms with E-state index in [9.17, 15) is 10.5 Å². The number of unbranched alkanes of at least 4 members (excludes halogenated alkanes) is 6. The van der Waals surface area contributed by atoms with Crippen LogP contribution in [0.2, 0.25) is 0 Å². The Morgan fingerprint density at radius 1 is 0.550 bits per heavy atom. The number of rotatable bonds is 16. The van der Waals surface area contributed by atoms with Crippen LogP contribution in [-0.2, 0) is 0 Å². The van der Waals surface area contributed by atoms with Crippen molar-refractivity contribution >= 4 is 24.3 Å². The second-order valence-electron chi connectivity index (χ2n) is 9.81. The molecule has 0 spiro atoms. The maximum absolute atomic E-state index is 9.53. The molecule has 3 aromatic carbocycles.